The first-order valence-electron chi connectivity index (χ1n) is 17.6. The summed E-state index contributed by atoms with van der Waals surface area (Å²) in [6.45, 7) is 4.44. The van der Waals surface area contributed by atoms with Crippen LogP contribution in [0.5, 0.6) is 5.88 Å². The van der Waals surface area contributed by atoms with Crippen LogP contribution >= 0.6 is 0 Å². The van der Waals surface area contributed by atoms with Crippen LogP contribution in [0.25, 0.3) is 53.9 Å². The van der Waals surface area contributed by atoms with Gasteiger partial charge in [0.1, 0.15) is 11.0 Å². The molecule has 236 valence electrons. The molecule has 0 saturated heterocycles. The van der Waals surface area contributed by atoms with E-state index < -0.39 is 0 Å². The highest BCUT2D eigenvalue weighted by atomic mass is 16.3. The molecule has 0 unspecified atom stereocenters. The van der Waals surface area contributed by atoms with Gasteiger partial charge in [0.05, 0.1) is 5.39 Å². The Labute approximate surface area is 274 Å². The molecule has 1 N–H and O–H groups in total. The number of fused-ring (bicyclic) bond motifs is 5. The topological polar surface area (TPSA) is 67.0 Å². The van der Waals surface area contributed by atoms with Gasteiger partial charge in [-0.05, 0) is 45.8 Å². The number of rotatable bonds is 12. The van der Waals surface area contributed by atoms with E-state index >= 15 is 4.79 Å². The summed E-state index contributed by atoms with van der Waals surface area (Å²) in [7, 11) is 0. The van der Waals surface area contributed by atoms with Crippen molar-refractivity contribution in [3.8, 4) is 5.88 Å². The van der Waals surface area contributed by atoms with Crippen molar-refractivity contribution in [2.75, 3.05) is 0 Å². The van der Waals surface area contributed by atoms with E-state index in [0.717, 1.165) is 94.9 Å². The van der Waals surface area contributed by atoms with Crippen LogP contribution in [0.3, 0.4) is 0 Å². The van der Waals surface area contributed by atoms with Gasteiger partial charge in [0.25, 0.3) is 5.56 Å². The van der Waals surface area contributed by atoms with Gasteiger partial charge in [0.2, 0.25) is 5.88 Å². The Morgan fingerprint density at radius 3 is 1.96 bits per heavy atom. The number of aromatic hydroxyl groups is 1. The van der Waals surface area contributed by atoms with Crippen molar-refractivity contribution in [3.63, 3.8) is 0 Å². The highest BCUT2D eigenvalue weighted by Gasteiger charge is 2.29. The van der Waals surface area contributed by atoms with Gasteiger partial charge < -0.3 is 5.11 Å². The lowest BCUT2D eigenvalue weighted by molar-refractivity contribution is 0.334. The van der Waals surface area contributed by atoms with E-state index in [4.69, 9.17) is 9.98 Å². The van der Waals surface area contributed by atoms with Crippen LogP contribution in [0, 0.1) is 0 Å². The maximum absolute atomic E-state index is 15.0. The summed E-state index contributed by atoms with van der Waals surface area (Å²) in [5.74, 6) is 0.696. The molecule has 0 bridgehead atoms. The third-order valence-electron chi connectivity index (χ3n) is 10.4. The second-order valence-electron chi connectivity index (χ2n) is 13.3. The van der Waals surface area contributed by atoms with Gasteiger partial charge in [-0.3, -0.25) is 9.36 Å². The number of hydrogen-bond donors (Lipinski definition) is 1. The number of benzene rings is 6. The fourth-order valence-corrected chi connectivity index (χ4v) is 8.12. The number of nitrogens with zero attached hydrogens (tertiary/aromatic N) is 3. The quantitative estimate of drug-likeness (QED) is 0.0840. The van der Waals surface area contributed by atoms with Crippen molar-refractivity contribution in [3.05, 3.63) is 100 Å². The van der Waals surface area contributed by atoms with Crippen LogP contribution < -0.4 is 10.9 Å². The molecule has 1 aliphatic heterocycles. The summed E-state index contributed by atoms with van der Waals surface area (Å²) in [6.07, 6.45) is 10.8. The first kappa shape index (κ1) is 29.6. The zero-order chi connectivity index (χ0) is 32.1. The van der Waals surface area contributed by atoms with E-state index in [1.54, 1.807) is 4.57 Å². The average molecular weight is 620 g/mol. The number of hydrogen-bond acceptors (Lipinski definition) is 4. The average Bonchev–Trinajstić information content (AvgIpc) is 3.55. The van der Waals surface area contributed by atoms with Crippen LogP contribution in [0.4, 0.5) is 5.69 Å². The minimum absolute atomic E-state index is 0.0762. The monoisotopic (exact) mass is 619 g/mol. The van der Waals surface area contributed by atoms with Crippen LogP contribution in [0.15, 0.2) is 93.6 Å². The minimum atomic E-state index is -0.156. The molecule has 5 nitrogen and oxygen atoms in total. The molecule has 7 aromatic rings. The summed E-state index contributed by atoms with van der Waals surface area (Å²) in [5.41, 5.74) is 1.52. The fraction of sp³-hybridized carbons (Fsp3) is 0.310. The molecule has 0 radical (unpaired) electrons. The Bertz CT molecular complexity index is 2410. The highest BCUT2D eigenvalue weighted by Crippen LogP contribution is 2.47. The standard InChI is InChI=1S/C42H41N3O2/c1-3-5-7-12-20-28(21-13-8-6-4-2)45-41(46)32-25-24-30-29-22-14-18-26-19-15-23-31(33(26)29)36-34(30)35(32)37(42(45)47)39-38(36)43-40(44-39)27-16-10-9-11-17-27/h9-11,14-19,22-25,28,46H,3-8,12-13,20-21H2,1-2H3. The summed E-state index contributed by atoms with van der Waals surface area (Å²) in [5, 5.41) is 22.5. The number of unbranched alkanes of at least 4 members (excludes halogenated alkanes) is 6. The van der Waals surface area contributed by atoms with E-state index in [-0.39, 0.29) is 17.5 Å². The largest absolute Gasteiger partial charge is 0.494 e. The van der Waals surface area contributed by atoms with Gasteiger partial charge in [-0.1, -0.05) is 138 Å². The van der Waals surface area contributed by atoms with Crippen molar-refractivity contribution in [1.82, 2.24) is 4.57 Å². The molecule has 47 heavy (non-hydrogen) atoms. The van der Waals surface area contributed by atoms with Crippen molar-refractivity contribution >= 4 is 65.4 Å². The maximum Gasteiger partial charge on any atom is 0.263 e. The molecule has 8 rings (SSSR count). The smallest absolute Gasteiger partial charge is 0.263 e. The molecule has 0 amide bonds. The van der Waals surface area contributed by atoms with E-state index in [1.807, 2.05) is 36.4 Å². The Morgan fingerprint density at radius 2 is 1.26 bits per heavy atom. The lowest BCUT2D eigenvalue weighted by Crippen LogP contribution is -2.29. The summed E-state index contributed by atoms with van der Waals surface area (Å²) in [6, 6.07) is 27.0. The SMILES string of the molecule is CCCCCCC(CCCCCC)n1c(O)c2ccc3c4cccc5cccc(c6c7c(c(c1=O)c2c36)=NC(c1ccccc1)=N7)c54. The van der Waals surface area contributed by atoms with Crippen LogP contribution in [0.1, 0.15) is 89.7 Å². The van der Waals surface area contributed by atoms with Gasteiger partial charge in [-0.25, -0.2) is 9.98 Å². The zero-order valence-corrected chi connectivity index (χ0v) is 27.4. The molecule has 0 spiro atoms. The molecule has 5 heteroatoms. The molecule has 1 aliphatic rings. The third-order valence-corrected chi connectivity index (χ3v) is 10.4. The van der Waals surface area contributed by atoms with Gasteiger partial charge >= 0.3 is 0 Å². The van der Waals surface area contributed by atoms with Gasteiger partial charge in [-0.15, -0.1) is 0 Å². The van der Waals surface area contributed by atoms with E-state index in [9.17, 15) is 5.11 Å². The normalized spacial score (nSPS) is 13.1. The molecule has 0 fully saturated rings. The van der Waals surface area contributed by atoms with Crippen LogP contribution in [-0.4, -0.2) is 15.5 Å². The summed E-state index contributed by atoms with van der Waals surface area (Å²) < 4.78 is 1.73. The predicted molar refractivity (Wildman–Crippen MR) is 197 cm³/mol. The number of aromatic nitrogens is 1. The van der Waals surface area contributed by atoms with Crippen LogP contribution in [0.2, 0.25) is 0 Å². The molecular weight excluding hydrogens is 578 g/mol. The molecule has 0 saturated carbocycles. The van der Waals surface area contributed by atoms with E-state index in [1.165, 1.54) is 23.6 Å². The lowest BCUT2D eigenvalue weighted by atomic mass is 9.86. The predicted octanol–water partition coefficient (Wildman–Crippen LogP) is 10.7. The molecule has 1 aromatic heterocycles. The van der Waals surface area contributed by atoms with Crippen molar-refractivity contribution in [2.45, 2.75) is 84.1 Å². The first-order chi connectivity index (χ1) is 23.1. The van der Waals surface area contributed by atoms with E-state index in [2.05, 4.69) is 56.3 Å². The minimum Gasteiger partial charge on any atom is -0.494 e. The van der Waals surface area contributed by atoms with Gasteiger partial charge in [0.15, 0.2) is 5.84 Å². The van der Waals surface area contributed by atoms with Crippen LogP contribution in [-0.2, 0) is 0 Å². The maximum atomic E-state index is 15.0. The van der Waals surface area contributed by atoms with Crippen molar-refractivity contribution < 1.29 is 5.11 Å². The fourth-order valence-electron chi connectivity index (χ4n) is 8.12. The second kappa shape index (κ2) is 12.1. The third kappa shape index (κ3) is 4.70. The second-order valence-corrected chi connectivity index (χ2v) is 13.3. The molecule has 0 aliphatic carbocycles. The Kier molecular flexibility index (Phi) is 7.63. The van der Waals surface area contributed by atoms with Gasteiger partial charge in [0, 0.05) is 33.2 Å². The Balaban J connectivity index is 1.48. The molecule has 2 heterocycles. The molecule has 6 aromatic carbocycles. The number of pyridine rings is 1. The number of aliphatic imine (C=N–C) groups is 1. The Hall–Kier alpha value is -4.77. The summed E-state index contributed by atoms with van der Waals surface area (Å²) in [4.78, 5) is 25.4. The van der Waals surface area contributed by atoms with Crippen molar-refractivity contribution in [2.24, 2.45) is 9.98 Å². The molecular formula is C42H41N3O2. The molecule has 0 atom stereocenters. The lowest BCUT2D eigenvalue weighted by Gasteiger charge is -2.24. The Morgan fingerprint density at radius 1 is 0.617 bits per heavy atom. The first-order valence-corrected chi connectivity index (χ1v) is 17.6. The van der Waals surface area contributed by atoms with E-state index in [0.29, 0.717) is 22.0 Å². The van der Waals surface area contributed by atoms with Crippen molar-refractivity contribution in [1.29, 1.82) is 0 Å². The summed E-state index contributed by atoms with van der Waals surface area (Å²) >= 11 is 0. The highest BCUT2D eigenvalue weighted by molar-refractivity contribution is 6.39. The zero-order valence-electron chi connectivity index (χ0n) is 27.4. The number of amidine groups is 1. The van der Waals surface area contributed by atoms with Gasteiger partial charge in [-0.2, -0.15) is 0 Å².